The van der Waals surface area contributed by atoms with Gasteiger partial charge in [0.2, 0.25) is 0 Å². The van der Waals surface area contributed by atoms with Gasteiger partial charge in [0, 0.05) is 6.54 Å². The first-order valence-corrected chi connectivity index (χ1v) is 6.29. The van der Waals surface area contributed by atoms with E-state index < -0.39 is 0 Å². The summed E-state index contributed by atoms with van der Waals surface area (Å²) >= 11 is 0. The summed E-state index contributed by atoms with van der Waals surface area (Å²) in [6.07, 6.45) is 4.12. The third-order valence-corrected chi connectivity index (χ3v) is 3.11. The molecular weight excluding hydrogens is 198 g/mol. The molecule has 2 nitrogen and oxygen atoms in total. The number of ether oxygens (including phenoxy) is 1. The molecule has 1 saturated heterocycles. The normalized spacial score (nSPS) is 17.5. The van der Waals surface area contributed by atoms with Crippen molar-refractivity contribution in [2.45, 2.75) is 25.9 Å². The van der Waals surface area contributed by atoms with Gasteiger partial charge in [-0.3, -0.25) is 0 Å². The highest BCUT2D eigenvalue weighted by molar-refractivity contribution is 5.13. The van der Waals surface area contributed by atoms with Crippen LogP contribution in [0.15, 0.2) is 30.3 Å². The Bertz CT molecular complexity index is 280. The van der Waals surface area contributed by atoms with E-state index in [1.807, 2.05) is 6.07 Å². The van der Waals surface area contributed by atoms with Gasteiger partial charge in [-0.1, -0.05) is 36.8 Å². The van der Waals surface area contributed by atoms with Crippen LogP contribution in [-0.2, 0) is 11.3 Å². The molecule has 0 atom stereocenters. The van der Waals surface area contributed by atoms with E-state index in [2.05, 4.69) is 29.2 Å². The topological polar surface area (TPSA) is 12.5 Å². The Balaban J connectivity index is 1.58. The van der Waals surface area contributed by atoms with Gasteiger partial charge in [-0.25, -0.2) is 0 Å². The van der Waals surface area contributed by atoms with Crippen molar-refractivity contribution in [3.05, 3.63) is 35.9 Å². The Morgan fingerprint density at radius 3 is 2.50 bits per heavy atom. The van der Waals surface area contributed by atoms with Crippen LogP contribution in [0.1, 0.15) is 24.8 Å². The molecule has 0 N–H and O–H groups in total. The van der Waals surface area contributed by atoms with E-state index in [4.69, 9.17) is 4.74 Å². The molecule has 0 unspecified atom stereocenters. The zero-order chi connectivity index (χ0) is 11.1. The Kier molecular flexibility index (Phi) is 4.84. The quantitative estimate of drug-likeness (QED) is 0.706. The monoisotopic (exact) mass is 219 g/mol. The predicted octanol–water partition coefficient (Wildman–Crippen LogP) is 2.69. The van der Waals surface area contributed by atoms with Gasteiger partial charge in [0.05, 0.1) is 13.2 Å². The van der Waals surface area contributed by atoms with Crippen molar-refractivity contribution < 1.29 is 4.74 Å². The van der Waals surface area contributed by atoms with Crippen LogP contribution in [-0.4, -0.2) is 31.1 Å². The molecule has 1 aliphatic rings. The molecule has 0 aliphatic carbocycles. The minimum absolute atomic E-state index is 0.745. The van der Waals surface area contributed by atoms with E-state index in [1.54, 1.807) is 0 Å². The lowest BCUT2D eigenvalue weighted by Crippen LogP contribution is -2.32. The molecule has 88 valence electrons. The third-order valence-electron chi connectivity index (χ3n) is 3.11. The SMILES string of the molecule is c1ccc(COCCN2CCCCC2)cc1. The Morgan fingerprint density at radius 1 is 1.00 bits per heavy atom. The standard InChI is InChI=1S/C14H21NO/c1-3-7-14(8-4-1)13-16-12-11-15-9-5-2-6-10-15/h1,3-4,7-8H,2,5-6,9-13H2. The average molecular weight is 219 g/mol. The first-order chi connectivity index (χ1) is 7.95. The molecule has 1 fully saturated rings. The van der Waals surface area contributed by atoms with Gasteiger partial charge >= 0.3 is 0 Å². The molecule has 0 amide bonds. The van der Waals surface area contributed by atoms with Gasteiger partial charge in [-0.15, -0.1) is 0 Å². The largest absolute Gasteiger partial charge is 0.375 e. The van der Waals surface area contributed by atoms with Crippen molar-refractivity contribution in [1.82, 2.24) is 4.90 Å². The van der Waals surface area contributed by atoms with E-state index in [1.165, 1.54) is 37.9 Å². The number of piperidine rings is 1. The van der Waals surface area contributed by atoms with Crippen LogP contribution >= 0.6 is 0 Å². The van der Waals surface area contributed by atoms with Crippen LogP contribution in [0.25, 0.3) is 0 Å². The molecule has 1 aromatic carbocycles. The van der Waals surface area contributed by atoms with Crippen molar-refractivity contribution in [2.24, 2.45) is 0 Å². The lowest BCUT2D eigenvalue weighted by Gasteiger charge is -2.26. The van der Waals surface area contributed by atoms with Crippen molar-refractivity contribution in [3.8, 4) is 0 Å². The second-order valence-corrected chi connectivity index (χ2v) is 4.44. The van der Waals surface area contributed by atoms with Gasteiger partial charge in [0.15, 0.2) is 0 Å². The van der Waals surface area contributed by atoms with E-state index >= 15 is 0 Å². The number of hydrogen-bond acceptors (Lipinski definition) is 2. The molecule has 0 bridgehead atoms. The molecule has 2 rings (SSSR count). The summed E-state index contributed by atoms with van der Waals surface area (Å²) in [5.41, 5.74) is 1.26. The zero-order valence-electron chi connectivity index (χ0n) is 9.90. The summed E-state index contributed by atoms with van der Waals surface area (Å²) in [4.78, 5) is 2.51. The van der Waals surface area contributed by atoms with Crippen molar-refractivity contribution in [2.75, 3.05) is 26.2 Å². The number of rotatable bonds is 5. The molecule has 1 heterocycles. The number of hydrogen-bond donors (Lipinski definition) is 0. The fourth-order valence-electron chi connectivity index (χ4n) is 2.14. The second kappa shape index (κ2) is 6.66. The van der Waals surface area contributed by atoms with Crippen molar-refractivity contribution >= 4 is 0 Å². The van der Waals surface area contributed by atoms with E-state index in [0.717, 1.165) is 19.8 Å². The molecule has 1 aliphatic heterocycles. The summed E-state index contributed by atoms with van der Waals surface area (Å²) in [5.74, 6) is 0. The van der Waals surface area contributed by atoms with Crippen LogP contribution in [0.2, 0.25) is 0 Å². The maximum atomic E-state index is 5.68. The zero-order valence-corrected chi connectivity index (χ0v) is 9.90. The minimum atomic E-state index is 0.745. The molecule has 1 aromatic rings. The Labute approximate surface area is 98.2 Å². The van der Waals surface area contributed by atoms with E-state index in [-0.39, 0.29) is 0 Å². The highest BCUT2D eigenvalue weighted by atomic mass is 16.5. The lowest BCUT2D eigenvalue weighted by molar-refractivity contribution is 0.0863. The minimum Gasteiger partial charge on any atom is -0.375 e. The highest BCUT2D eigenvalue weighted by Crippen LogP contribution is 2.08. The molecule has 0 spiro atoms. The fraction of sp³-hybridized carbons (Fsp3) is 0.571. The average Bonchev–Trinajstić information content (AvgIpc) is 2.37. The fourth-order valence-corrected chi connectivity index (χ4v) is 2.14. The maximum absolute atomic E-state index is 5.68. The van der Waals surface area contributed by atoms with E-state index in [0.29, 0.717) is 0 Å². The molecule has 0 aromatic heterocycles. The molecule has 0 saturated carbocycles. The van der Waals surface area contributed by atoms with Gasteiger partial charge in [-0.05, 0) is 31.5 Å². The molecule has 16 heavy (non-hydrogen) atoms. The lowest BCUT2D eigenvalue weighted by atomic mass is 10.1. The van der Waals surface area contributed by atoms with Gasteiger partial charge in [-0.2, -0.15) is 0 Å². The number of nitrogens with zero attached hydrogens (tertiary/aromatic N) is 1. The van der Waals surface area contributed by atoms with Crippen molar-refractivity contribution in [3.63, 3.8) is 0 Å². The smallest absolute Gasteiger partial charge is 0.0717 e. The van der Waals surface area contributed by atoms with Crippen LogP contribution in [0, 0.1) is 0 Å². The Hall–Kier alpha value is -0.860. The second-order valence-electron chi connectivity index (χ2n) is 4.44. The number of likely N-dealkylation sites (tertiary alicyclic amines) is 1. The van der Waals surface area contributed by atoms with Crippen LogP contribution < -0.4 is 0 Å². The predicted molar refractivity (Wildman–Crippen MR) is 66.4 cm³/mol. The summed E-state index contributed by atoms with van der Waals surface area (Å²) in [6.45, 7) is 5.21. The molecule has 0 radical (unpaired) electrons. The van der Waals surface area contributed by atoms with Crippen molar-refractivity contribution in [1.29, 1.82) is 0 Å². The first-order valence-electron chi connectivity index (χ1n) is 6.29. The third kappa shape index (κ3) is 3.95. The van der Waals surface area contributed by atoms with Crippen LogP contribution in [0.3, 0.4) is 0 Å². The van der Waals surface area contributed by atoms with Gasteiger partial charge < -0.3 is 9.64 Å². The summed E-state index contributed by atoms with van der Waals surface area (Å²) in [5, 5.41) is 0. The summed E-state index contributed by atoms with van der Waals surface area (Å²) in [6, 6.07) is 10.4. The molecular formula is C14H21NO. The summed E-state index contributed by atoms with van der Waals surface area (Å²) in [7, 11) is 0. The van der Waals surface area contributed by atoms with Crippen LogP contribution in [0.5, 0.6) is 0 Å². The first kappa shape index (κ1) is 11.6. The Morgan fingerprint density at radius 2 is 1.75 bits per heavy atom. The highest BCUT2D eigenvalue weighted by Gasteiger charge is 2.08. The van der Waals surface area contributed by atoms with Gasteiger partial charge in [0.25, 0.3) is 0 Å². The van der Waals surface area contributed by atoms with Crippen LogP contribution in [0.4, 0.5) is 0 Å². The number of benzene rings is 1. The van der Waals surface area contributed by atoms with E-state index in [9.17, 15) is 0 Å². The summed E-state index contributed by atoms with van der Waals surface area (Å²) < 4.78 is 5.68. The maximum Gasteiger partial charge on any atom is 0.0717 e. The van der Waals surface area contributed by atoms with Gasteiger partial charge in [0.1, 0.15) is 0 Å². The molecule has 2 heteroatoms.